The first-order chi connectivity index (χ1) is 4.70. The molecule has 2 fully saturated rings. The molecule has 1 heterocycles. The van der Waals surface area contributed by atoms with Crippen molar-refractivity contribution >= 4 is 5.91 Å². The van der Waals surface area contributed by atoms with Gasteiger partial charge in [0.1, 0.15) is 0 Å². The van der Waals surface area contributed by atoms with Crippen molar-refractivity contribution < 1.29 is 4.79 Å². The average molecular weight is 139 g/mol. The van der Waals surface area contributed by atoms with Crippen molar-refractivity contribution in [2.45, 2.75) is 26.3 Å². The van der Waals surface area contributed by atoms with E-state index in [4.69, 9.17) is 0 Å². The van der Waals surface area contributed by atoms with Gasteiger partial charge in [-0.2, -0.15) is 0 Å². The van der Waals surface area contributed by atoms with Crippen LogP contribution >= 0.6 is 0 Å². The molecule has 1 aliphatic heterocycles. The average Bonchev–Trinajstić information content (AvgIpc) is 2.54. The minimum atomic E-state index is 0.403. The van der Waals surface area contributed by atoms with Crippen LogP contribution in [0.5, 0.6) is 0 Å². The van der Waals surface area contributed by atoms with Crippen molar-refractivity contribution in [1.29, 1.82) is 0 Å². The van der Waals surface area contributed by atoms with Gasteiger partial charge >= 0.3 is 0 Å². The van der Waals surface area contributed by atoms with Crippen molar-refractivity contribution in [2.24, 2.45) is 11.8 Å². The fraction of sp³-hybridized carbons (Fsp3) is 0.875. The first-order valence-corrected chi connectivity index (χ1v) is 4.00. The highest BCUT2D eigenvalue weighted by atomic mass is 16.2. The molecule has 0 aromatic rings. The number of carbonyl (C=O) groups is 1. The van der Waals surface area contributed by atoms with E-state index in [0.29, 0.717) is 17.9 Å². The van der Waals surface area contributed by atoms with Gasteiger partial charge in [-0.15, -0.1) is 0 Å². The number of nitrogens with zero attached hydrogens (tertiary/aromatic N) is 1. The highest BCUT2D eigenvalue weighted by Gasteiger charge is 2.52. The molecule has 0 bridgehead atoms. The summed E-state index contributed by atoms with van der Waals surface area (Å²) in [5.74, 6) is 1.57. The smallest absolute Gasteiger partial charge is 0.226 e. The molecule has 0 spiro atoms. The van der Waals surface area contributed by atoms with Crippen LogP contribution in [0.25, 0.3) is 0 Å². The molecule has 0 radical (unpaired) electrons. The molecule has 2 heteroatoms. The maximum atomic E-state index is 11.3. The molecule has 0 aromatic carbocycles. The Hall–Kier alpha value is -0.530. The Labute approximate surface area is 61.2 Å². The topological polar surface area (TPSA) is 20.3 Å². The normalized spacial score (nSPS) is 37.1. The standard InChI is InChI=1S/C8H13NO/c1-5(2)9-4-6-3-7(6)8(9)10/h5-7H,3-4H2,1-2H3/t6-,7-/m1/s1. The third kappa shape index (κ3) is 0.678. The number of hydrogen-bond donors (Lipinski definition) is 0. The van der Waals surface area contributed by atoms with Crippen LogP contribution in [0.4, 0.5) is 0 Å². The third-order valence-electron chi connectivity index (χ3n) is 2.58. The molecule has 0 N–H and O–H groups in total. The van der Waals surface area contributed by atoms with Gasteiger partial charge in [0, 0.05) is 18.5 Å². The predicted molar refractivity (Wildman–Crippen MR) is 38.4 cm³/mol. The second-order valence-corrected chi connectivity index (χ2v) is 3.69. The molecule has 1 amide bonds. The summed E-state index contributed by atoms with van der Waals surface area (Å²) in [5, 5.41) is 0. The Morgan fingerprint density at radius 3 is 2.60 bits per heavy atom. The summed E-state index contributed by atoms with van der Waals surface area (Å²) in [7, 11) is 0. The molecule has 1 saturated carbocycles. The van der Waals surface area contributed by atoms with Crippen molar-refractivity contribution in [3.05, 3.63) is 0 Å². The van der Waals surface area contributed by atoms with Gasteiger partial charge in [-0.3, -0.25) is 4.79 Å². The van der Waals surface area contributed by atoms with Crippen molar-refractivity contribution in [1.82, 2.24) is 4.90 Å². The summed E-state index contributed by atoms with van der Waals surface area (Å²) in [4.78, 5) is 13.3. The van der Waals surface area contributed by atoms with Crippen molar-refractivity contribution in [2.75, 3.05) is 6.54 Å². The lowest BCUT2D eigenvalue weighted by Gasteiger charge is -2.22. The fourth-order valence-electron chi connectivity index (χ4n) is 1.77. The predicted octanol–water partition coefficient (Wildman–Crippen LogP) is 0.873. The van der Waals surface area contributed by atoms with E-state index in [1.807, 2.05) is 4.90 Å². The molecule has 2 rings (SSSR count). The molecule has 0 unspecified atom stereocenters. The summed E-state index contributed by atoms with van der Waals surface area (Å²) < 4.78 is 0. The Morgan fingerprint density at radius 2 is 2.30 bits per heavy atom. The van der Waals surface area contributed by atoms with E-state index < -0.39 is 0 Å². The largest absolute Gasteiger partial charge is 0.340 e. The van der Waals surface area contributed by atoms with Gasteiger partial charge in [0.25, 0.3) is 0 Å². The quantitative estimate of drug-likeness (QED) is 0.528. The molecular weight excluding hydrogens is 126 g/mol. The molecule has 0 aromatic heterocycles. The van der Waals surface area contributed by atoms with Crippen LogP contribution in [0.3, 0.4) is 0 Å². The zero-order valence-electron chi connectivity index (χ0n) is 6.50. The van der Waals surface area contributed by atoms with Crippen LogP contribution in [-0.2, 0) is 4.79 Å². The Balaban J connectivity index is 2.07. The maximum absolute atomic E-state index is 11.3. The van der Waals surface area contributed by atoms with Crippen LogP contribution in [0, 0.1) is 11.8 Å². The monoisotopic (exact) mass is 139 g/mol. The zero-order valence-corrected chi connectivity index (χ0v) is 6.50. The van der Waals surface area contributed by atoms with E-state index in [-0.39, 0.29) is 0 Å². The number of hydrogen-bond acceptors (Lipinski definition) is 1. The first-order valence-electron chi connectivity index (χ1n) is 4.00. The van der Waals surface area contributed by atoms with E-state index in [0.717, 1.165) is 12.5 Å². The van der Waals surface area contributed by atoms with Crippen molar-refractivity contribution in [3.63, 3.8) is 0 Å². The van der Waals surface area contributed by atoms with Gasteiger partial charge in [0.2, 0.25) is 5.91 Å². The number of likely N-dealkylation sites (tertiary alicyclic amines) is 1. The molecular formula is C8H13NO. The lowest BCUT2D eigenvalue weighted by molar-refractivity contribution is -0.131. The van der Waals surface area contributed by atoms with Crippen LogP contribution in [0.15, 0.2) is 0 Å². The van der Waals surface area contributed by atoms with Gasteiger partial charge in [0.15, 0.2) is 0 Å². The summed E-state index contributed by atoms with van der Waals surface area (Å²) in [6.07, 6.45) is 1.17. The van der Waals surface area contributed by atoms with E-state index in [1.54, 1.807) is 0 Å². The maximum Gasteiger partial charge on any atom is 0.226 e. The Kier molecular flexibility index (Phi) is 1.08. The highest BCUT2D eigenvalue weighted by Crippen LogP contribution is 2.46. The number of piperidine rings is 1. The summed E-state index contributed by atoms with van der Waals surface area (Å²) in [5.41, 5.74) is 0. The fourth-order valence-corrected chi connectivity index (χ4v) is 1.77. The van der Waals surface area contributed by atoms with E-state index in [9.17, 15) is 4.79 Å². The summed E-state index contributed by atoms with van der Waals surface area (Å²) in [6, 6.07) is 0.417. The molecule has 10 heavy (non-hydrogen) atoms. The van der Waals surface area contributed by atoms with Crippen LogP contribution < -0.4 is 0 Å². The number of carbonyl (C=O) groups excluding carboxylic acids is 1. The lowest BCUT2D eigenvalue weighted by atomic mass is 10.3. The summed E-state index contributed by atoms with van der Waals surface area (Å²) in [6.45, 7) is 5.20. The molecule has 2 nitrogen and oxygen atoms in total. The molecule has 2 atom stereocenters. The Morgan fingerprint density at radius 1 is 1.60 bits per heavy atom. The van der Waals surface area contributed by atoms with Crippen molar-refractivity contribution in [3.8, 4) is 0 Å². The van der Waals surface area contributed by atoms with Gasteiger partial charge in [-0.05, 0) is 26.2 Å². The molecule has 2 aliphatic rings. The van der Waals surface area contributed by atoms with Crippen LogP contribution in [0.2, 0.25) is 0 Å². The molecule has 1 saturated heterocycles. The van der Waals surface area contributed by atoms with Gasteiger partial charge in [0.05, 0.1) is 0 Å². The number of amides is 1. The van der Waals surface area contributed by atoms with Gasteiger partial charge < -0.3 is 4.90 Å². The van der Waals surface area contributed by atoms with Gasteiger partial charge in [-0.25, -0.2) is 0 Å². The lowest BCUT2D eigenvalue weighted by Crippen LogP contribution is -2.34. The summed E-state index contributed by atoms with van der Waals surface area (Å²) >= 11 is 0. The third-order valence-corrected chi connectivity index (χ3v) is 2.58. The van der Waals surface area contributed by atoms with Gasteiger partial charge in [-0.1, -0.05) is 0 Å². The van der Waals surface area contributed by atoms with E-state index in [1.165, 1.54) is 6.42 Å². The molecule has 56 valence electrons. The SMILES string of the molecule is CC(C)N1C[C@H]2C[C@H]2C1=O. The van der Waals surface area contributed by atoms with E-state index in [2.05, 4.69) is 13.8 Å². The first kappa shape index (κ1) is 6.20. The Bertz CT molecular complexity index is 176. The number of rotatable bonds is 1. The number of fused-ring (bicyclic) bond motifs is 1. The highest BCUT2D eigenvalue weighted by molar-refractivity contribution is 5.84. The van der Waals surface area contributed by atoms with E-state index >= 15 is 0 Å². The minimum absolute atomic E-state index is 0.403. The van der Waals surface area contributed by atoms with Crippen LogP contribution in [0.1, 0.15) is 20.3 Å². The molecule has 1 aliphatic carbocycles. The minimum Gasteiger partial charge on any atom is -0.340 e. The second-order valence-electron chi connectivity index (χ2n) is 3.69. The van der Waals surface area contributed by atoms with Crippen LogP contribution in [-0.4, -0.2) is 23.4 Å². The second kappa shape index (κ2) is 1.74. The zero-order chi connectivity index (χ0) is 7.30.